The normalized spacial score (nSPS) is 10.3. The Morgan fingerprint density at radius 3 is 2.52 bits per heavy atom. The van der Waals surface area contributed by atoms with Gasteiger partial charge < -0.3 is 9.47 Å². The number of aromatic nitrogens is 2. The highest BCUT2D eigenvalue weighted by molar-refractivity contribution is 6.33. The summed E-state index contributed by atoms with van der Waals surface area (Å²) in [5, 5.41) is 0.464. The van der Waals surface area contributed by atoms with Crippen LogP contribution in [0.2, 0.25) is 10.3 Å². The first-order valence-electron chi connectivity index (χ1n) is 6.35. The molecule has 0 aliphatic carbocycles. The number of ether oxygens (including phenoxy) is 2. The molecule has 9 heteroatoms. The summed E-state index contributed by atoms with van der Waals surface area (Å²) in [4.78, 5) is 24.1. The SMILES string of the molecule is CONC(=O)c1cc(COc2cnc(Cl)nc2)c(Cl)c(OC)c1. The Hall–Kier alpha value is -2.09. The molecule has 0 aliphatic heterocycles. The Kier molecular flexibility index (Phi) is 5.97. The molecule has 1 N–H and O–H groups in total. The number of halogens is 2. The number of nitrogens with one attached hydrogen (secondary N) is 1. The molecule has 0 saturated heterocycles. The van der Waals surface area contributed by atoms with Gasteiger partial charge in [-0.05, 0) is 23.7 Å². The molecule has 0 aliphatic rings. The Morgan fingerprint density at radius 1 is 1.22 bits per heavy atom. The van der Waals surface area contributed by atoms with Crippen molar-refractivity contribution in [3.05, 3.63) is 46.0 Å². The number of methoxy groups -OCH3 is 1. The number of amides is 1. The summed E-state index contributed by atoms with van der Waals surface area (Å²) >= 11 is 11.8. The van der Waals surface area contributed by atoms with Crippen molar-refractivity contribution in [3.8, 4) is 11.5 Å². The van der Waals surface area contributed by atoms with Crippen LogP contribution >= 0.6 is 23.2 Å². The Labute approximate surface area is 142 Å². The molecule has 0 bridgehead atoms. The highest BCUT2D eigenvalue weighted by Crippen LogP contribution is 2.30. The monoisotopic (exact) mass is 357 g/mol. The lowest BCUT2D eigenvalue weighted by atomic mass is 10.1. The zero-order valence-corrected chi connectivity index (χ0v) is 13.8. The maximum Gasteiger partial charge on any atom is 0.274 e. The fourth-order valence-electron chi connectivity index (χ4n) is 1.73. The minimum Gasteiger partial charge on any atom is -0.495 e. The van der Waals surface area contributed by atoms with Crippen LogP contribution in [0, 0.1) is 0 Å². The van der Waals surface area contributed by atoms with Crippen molar-refractivity contribution in [1.29, 1.82) is 0 Å². The zero-order chi connectivity index (χ0) is 16.8. The molecule has 0 saturated carbocycles. The molecule has 2 aromatic rings. The number of rotatable bonds is 6. The van der Waals surface area contributed by atoms with Crippen molar-refractivity contribution < 1.29 is 19.1 Å². The smallest absolute Gasteiger partial charge is 0.274 e. The molecule has 0 atom stereocenters. The molecule has 0 fully saturated rings. The second-order valence-electron chi connectivity index (χ2n) is 4.26. The van der Waals surface area contributed by atoms with Gasteiger partial charge in [-0.2, -0.15) is 0 Å². The van der Waals surface area contributed by atoms with E-state index < -0.39 is 5.91 Å². The quantitative estimate of drug-likeness (QED) is 0.632. The summed E-state index contributed by atoms with van der Waals surface area (Å²) in [6, 6.07) is 3.08. The summed E-state index contributed by atoms with van der Waals surface area (Å²) in [6.45, 7) is 0.0916. The van der Waals surface area contributed by atoms with E-state index in [1.165, 1.54) is 32.7 Å². The van der Waals surface area contributed by atoms with Crippen LogP contribution < -0.4 is 15.0 Å². The Bertz CT molecular complexity index is 695. The van der Waals surface area contributed by atoms with Crippen LogP contribution in [0.5, 0.6) is 11.5 Å². The fourth-order valence-corrected chi connectivity index (χ4v) is 2.07. The van der Waals surface area contributed by atoms with Gasteiger partial charge in [-0.3, -0.25) is 9.63 Å². The highest BCUT2D eigenvalue weighted by Gasteiger charge is 2.15. The molecule has 7 nitrogen and oxygen atoms in total. The van der Waals surface area contributed by atoms with E-state index >= 15 is 0 Å². The molecule has 0 unspecified atom stereocenters. The number of benzene rings is 1. The van der Waals surface area contributed by atoms with E-state index in [-0.39, 0.29) is 11.9 Å². The fraction of sp³-hybridized carbons (Fsp3) is 0.214. The Balaban J connectivity index is 2.23. The summed E-state index contributed by atoms with van der Waals surface area (Å²) in [6.07, 6.45) is 2.86. The predicted molar refractivity (Wildman–Crippen MR) is 83.9 cm³/mol. The number of carbonyl (C=O) groups is 1. The number of carbonyl (C=O) groups excluding carboxylic acids is 1. The van der Waals surface area contributed by atoms with E-state index in [2.05, 4.69) is 20.3 Å². The van der Waals surface area contributed by atoms with E-state index in [0.717, 1.165) is 0 Å². The van der Waals surface area contributed by atoms with Crippen LogP contribution in [-0.2, 0) is 11.4 Å². The van der Waals surface area contributed by atoms with Gasteiger partial charge in [-0.25, -0.2) is 15.4 Å². The molecule has 1 aromatic carbocycles. The maximum absolute atomic E-state index is 11.9. The molecule has 2 rings (SSSR count). The van der Waals surface area contributed by atoms with Crippen LogP contribution in [0.4, 0.5) is 0 Å². The van der Waals surface area contributed by atoms with Gasteiger partial charge in [0.1, 0.15) is 12.4 Å². The lowest BCUT2D eigenvalue weighted by molar-refractivity contribution is 0.0537. The standard InChI is InChI=1S/C14H13Cl2N3O4/c1-21-11-4-8(13(20)19-22-2)3-9(12(11)15)7-23-10-5-17-14(16)18-6-10/h3-6H,7H2,1-2H3,(H,19,20). The maximum atomic E-state index is 11.9. The van der Waals surface area contributed by atoms with Gasteiger partial charge in [0.2, 0.25) is 5.28 Å². The first kappa shape index (κ1) is 17.3. The largest absolute Gasteiger partial charge is 0.495 e. The van der Waals surface area contributed by atoms with E-state index in [4.69, 9.17) is 32.7 Å². The predicted octanol–water partition coefficient (Wildman–Crippen LogP) is 2.66. The van der Waals surface area contributed by atoms with E-state index in [1.807, 2.05) is 0 Å². The summed E-state index contributed by atoms with van der Waals surface area (Å²) in [5.74, 6) is 0.330. The molecule has 122 valence electrons. The number of nitrogens with zero attached hydrogens (tertiary/aromatic N) is 2. The molecular formula is C14H13Cl2N3O4. The lowest BCUT2D eigenvalue weighted by Crippen LogP contribution is -2.22. The minimum absolute atomic E-state index is 0.0916. The van der Waals surface area contributed by atoms with Crippen molar-refractivity contribution in [2.45, 2.75) is 6.61 Å². The molecule has 1 aromatic heterocycles. The second kappa shape index (κ2) is 7.96. The van der Waals surface area contributed by atoms with Gasteiger partial charge >= 0.3 is 0 Å². The van der Waals surface area contributed by atoms with Gasteiger partial charge in [-0.1, -0.05) is 11.6 Å². The van der Waals surface area contributed by atoms with Crippen LogP contribution in [0.15, 0.2) is 24.5 Å². The topological polar surface area (TPSA) is 82.6 Å². The molecular weight excluding hydrogens is 345 g/mol. The van der Waals surface area contributed by atoms with Crippen molar-refractivity contribution in [2.75, 3.05) is 14.2 Å². The van der Waals surface area contributed by atoms with Gasteiger partial charge in [0.25, 0.3) is 5.91 Å². The third kappa shape index (κ3) is 4.44. The number of hydroxylamine groups is 1. The van der Waals surface area contributed by atoms with Crippen LogP contribution in [0.25, 0.3) is 0 Å². The molecule has 0 radical (unpaired) electrons. The van der Waals surface area contributed by atoms with E-state index in [9.17, 15) is 4.79 Å². The van der Waals surface area contributed by atoms with Crippen molar-refractivity contribution in [2.24, 2.45) is 0 Å². The molecule has 1 heterocycles. The third-order valence-corrected chi connectivity index (χ3v) is 3.41. The Morgan fingerprint density at radius 2 is 1.91 bits per heavy atom. The average molecular weight is 358 g/mol. The van der Waals surface area contributed by atoms with Gasteiger partial charge in [-0.15, -0.1) is 0 Å². The molecule has 1 amide bonds. The summed E-state index contributed by atoms with van der Waals surface area (Å²) < 4.78 is 10.7. The zero-order valence-electron chi connectivity index (χ0n) is 12.3. The van der Waals surface area contributed by atoms with Gasteiger partial charge in [0, 0.05) is 11.1 Å². The van der Waals surface area contributed by atoms with Crippen molar-refractivity contribution in [3.63, 3.8) is 0 Å². The second-order valence-corrected chi connectivity index (χ2v) is 4.98. The van der Waals surface area contributed by atoms with Crippen LogP contribution in [0.1, 0.15) is 15.9 Å². The first-order valence-corrected chi connectivity index (χ1v) is 7.10. The number of hydrogen-bond acceptors (Lipinski definition) is 6. The molecule has 23 heavy (non-hydrogen) atoms. The minimum atomic E-state index is -0.432. The summed E-state index contributed by atoms with van der Waals surface area (Å²) in [5.41, 5.74) is 3.10. The van der Waals surface area contributed by atoms with Crippen molar-refractivity contribution in [1.82, 2.24) is 15.4 Å². The van der Waals surface area contributed by atoms with E-state index in [0.29, 0.717) is 27.6 Å². The van der Waals surface area contributed by atoms with Crippen molar-refractivity contribution >= 4 is 29.1 Å². The summed E-state index contributed by atoms with van der Waals surface area (Å²) in [7, 11) is 2.80. The van der Waals surface area contributed by atoms with Gasteiger partial charge in [0.05, 0.1) is 31.6 Å². The van der Waals surface area contributed by atoms with Crippen LogP contribution in [-0.4, -0.2) is 30.1 Å². The highest BCUT2D eigenvalue weighted by atomic mass is 35.5. The lowest BCUT2D eigenvalue weighted by Gasteiger charge is -2.12. The molecule has 0 spiro atoms. The van der Waals surface area contributed by atoms with Gasteiger partial charge in [0.15, 0.2) is 5.75 Å². The van der Waals surface area contributed by atoms with Crippen LogP contribution in [0.3, 0.4) is 0 Å². The first-order chi connectivity index (χ1) is 11.0. The third-order valence-electron chi connectivity index (χ3n) is 2.78. The van der Waals surface area contributed by atoms with E-state index in [1.54, 1.807) is 6.07 Å². The number of hydrogen-bond donors (Lipinski definition) is 1. The average Bonchev–Trinajstić information content (AvgIpc) is 2.55.